The quantitative estimate of drug-likeness (QED) is 0.609. The average Bonchev–Trinajstić information content (AvgIpc) is 2.89. The number of rotatable bonds is 3. The molecule has 1 N–H and O–H groups in total. The molecule has 2 aromatic carbocycles. The summed E-state index contributed by atoms with van der Waals surface area (Å²) >= 11 is 0. The molecular formula is C21H22N4O. The van der Waals surface area contributed by atoms with Crippen molar-refractivity contribution in [3.63, 3.8) is 0 Å². The van der Waals surface area contributed by atoms with E-state index < -0.39 is 0 Å². The molecule has 2 aromatic heterocycles. The molecule has 5 heteroatoms. The molecule has 132 valence electrons. The second-order valence-electron chi connectivity index (χ2n) is 7.60. The second kappa shape index (κ2) is 6.09. The molecule has 4 aromatic rings. The zero-order valence-corrected chi connectivity index (χ0v) is 15.3. The van der Waals surface area contributed by atoms with Crippen molar-refractivity contribution in [1.29, 1.82) is 0 Å². The molecule has 0 saturated heterocycles. The van der Waals surface area contributed by atoms with Crippen LogP contribution in [-0.4, -0.2) is 26.0 Å². The molecule has 0 radical (unpaired) electrons. The molecule has 0 aliphatic carbocycles. The Morgan fingerprint density at radius 1 is 1.00 bits per heavy atom. The van der Waals surface area contributed by atoms with Gasteiger partial charge in [-0.05, 0) is 39.0 Å². The number of benzene rings is 2. The highest BCUT2D eigenvalue weighted by atomic mass is 16.1. The van der Waals surface area contributed by atoms with E-state index in [9.17, 15) is 4.79 Å². The van der Waals surface area contributed by atoms with Crippen LogP contribution in [0.2, 0.25) is 0 Å². The van der Waals surface area contributed by atoms with Gasteiger partial charge in [-0.2, -0.15) is 0 Å². The second-order valence-corrected chi connectivity index (χ2v) is 7.60. The Labute approximate surface area is 152 Å². The van der Waals surface area contributed by atoms with Crippen LogP contribution in [0.25, 0.3) is 33.1 Å². The smallest absolute Gasteiger partial charge is 0.222 e. The number of aryl methyl sites for hydroxylation is 1. The van der Waals surface area contributed by atoms with Gasteiger partial charge in [-0.3, -0.25) is 4.79 Å². The van der Waals surface area contributed by atoms with Gasteiger partial charge in [0.1, 0.15) is 5.52 Å². The lowest BCUT2D eigenvalue weighted by atomic mass is 10.1. The summed E-state index contributed by atoms with van der Waals surface area (Å²) in [7, 11) is 0. The third kappa shape index (κ3) is 3.01. The number of hydrogen-bond donors (Lipinski definition) is 1. The maximum atomic E-state index is 12.3. The normalized spacial score (nSPS) is 12.1. The van der Waals surface area contributed by atoms with Crippen LogP contribution in [0, 0.1) is 0 Å². The molecular weight excluding hydrogens is 324 g/mol. The zero-order valence-electron chi connectivity index (χ0n) is 15.3. The van der Waals surface area contributed by atoms with Crippen LogP contribution in [0.3, 0.4) is 0 Å². The van der Waals surface area contributed by atoms with E-state index in [1.165, 1.54) is 0 Å². The maximum absolute atomic E-state index is 12.3. The van der Waals surface area contributed by atoms with E-state index in [1.807, 2.05) is 57.2 Å². The Balaban J connectivity index is 1.81. The lowest BCUT2D eigenvalue weighted by molar-refractivity contribution is -0.122. The summed E-state index contributed by atoms with van der Waals surface area (Å²) in [4.78, 5) is 21.9. The van der Waals surface area contributed by atoms with Crippen molar-refractivity contribution in [2.24, 2.45) is 0 Å². The average molecular weight is 346 g/mol. The van der Waals surface area contributed by atoms with Gasteiger partial charge in [0.05, 0.1) is 16.6 Å². The largest absolute Gasteiger partial charge is 0.351 e. The summed E-state index contributed by atoms with van der Waals surface area (Å²) < 4.78 is 2.10. The topological polar surface area (TPSA) is 59.8 Å². The van der Waals surface area contributed by atoms with Crippen molar-refractivity contribution >= 4 is 39.0 Å². The first-order valence-corrected chi connectivity index (χ1v) is 8.87. The first-order valence-electron chi connectivity index (χ1n) is 8.87. The highest BCUT2D eigenvalue weighted by molar-refractivity contribution is 6.06. The molecule has 0 aliphatic heterocycles. The minimum atomic E-state index is -0.228. The first-order chi connectivity index (χ1) is 12.4. The van der Waals surface area contributed by atoms with Crippen molar-refractivity contribution < 1.29 is 4.79 Å². The Hall–Kier alpha value is -2.95. The van der Waals surface area contributed by atoms with Crippen LogP contribution in [0.1, 0.15) is 27.2 Å². The Morgan fingerprint density at radius 3 is 2.38 bits per heavy atom. The number of carbonyl (C=O) groups is 1. The fourth-order valence-corrected chi connectivity index (χ4v) is 3.30. The molecule has 0 fully saturated rings. The molecule has 4 rings (SSSR count). The van der Waals surface area contributed by atoms with Gasteiger partial charge < -0.3 is 9.88 Å². The van der Waals surface area contributed by atoms with Gasteiger partial charge in [0, 0.05) is 23.9 Å². The summed E-state index contributed by atoms with van der Waals surface area (Å²) in [6.45, 7) is 6.54. The van der Waals surface area contributed by atoms with E-state index in [-0.39, 0.29) is 11.4 Å². The predicted octanol–water partition coefficient (Wildman–Crippen LogP) is 4.04. The number of amides is 1. The van der Waals surface area contributed by atoms with Crippen LogP contribution in [-0.2, 0) is 11.3 Å². The van der Waals surface area contributed by atoms with Crippen molar-refractivity contribution in [2.45, 2.75) is 39.3 Å². The van der Waals surface area contributed by atoms with E-state index in [4.69, 9.17) is 9.97 Å². The van der Waals surface area contributed by atoms with Crippen LogP contribution in [0.4, 0.5) is 0 Å². The number of hydrogen-bond acceptors (Lipinski definition) is 3. The van der Waals surface area contributed by atoms with Gasteiger partial charge >= 0.3 is 0 Å². The highest BCUT2D eigenvalue weighted by Gasteiger charge is 2.17. The fourth-order valence-electron chi connectivity index (χ4n) is 3.30. The lowest BCUT2D eigenvalue weighted by Crippen LogP contribution is -2.40. The summed E-state index contributed by atoms with van der Waals surface area (Å²) in [6, 6.07) is 16.0. The molecule has 0 unspecified atom stereocenters. The highest BCUT2D eigenvalue weighted by Crippen LogP contribution is 2.28. The van der Waals surface area contributed by atoms with Crippen molar-refractivity contribution in [1.82, 2.24) is 19.9 Å². The van der Waals surface area contributed by atoms with Crippen molar-refractivity contribution in [3.05, 3.63) is 48.5 Å². The summed E-state index contributed by atoms with van der Waals surface area (Å²) in [5.74, 6) is 0.0391. The van der Waals surface area contributed by atoms with Crippen LogP contribution < -0.4 is 5.32 Å². The standard InChI is InChI=1S/C21H22N4O/c1-21(2,3)24-18(26)12-13-25-17-11-7-4-8-14(17)19-20(25)23-16-10-6-5-9-15(16)22-19/h4-11H,12-13H2,1-3H3,(H,24,26). The number of aromatic nitrogens is 3. The van der Waals surface area contributed by atoms with Gasteiger partial charge in [0.15, 0.2) is 5.65 Å². The van der Waals surface area contributed by atoms with E-state index >= 15 is 0 Å². The van der Waals surface area contributed by atoms with Crippen molar-refractivity contribution in [2.75, 3.05) is 0 Å². The summed E-state index contributed by atoms with van der Waals surface area (Å²) in [5.41, 5.74) is 4.29. The molecule has 2 heterocycles. The summed E-state index contributed by atoms with van der Waals surface area (Å²) in [5, 5.41) is 4.09. The minimum Gasteiger partial charge on any atom is -0.351 e. The first kappa shape index (κ1) is 16.5. The van der Waals surface area contributed by atoms with Gasteiger partial charge in [-0.15, -0.1) is 0 Å². The Kier molecular flexibility index (Phi) is 3.87. The molecule has 26 heavy (non-hydrogen) atoms. The predicted molar refractivity (Wildman–Crippen MR) is 105 cm³/mol. The lowest BCUT2D eigenvalue weighted by Gasteiger charge is -2.20. The summed E-state index contributed by atoms with van der Waals surface area (Å²) in [6.07, 6.45) is 0.402. The van der Waals surface area contributed by atoms with Gasteiger partial charge in [-0.25, -0.2) is 9.97 Å². The zero-order chi connectivity index (χ0) is 18.3. The Bertz CT molecular complexity index is 1120. The molecule has 0 bridgehead atoms. The molecule has 0 spiro atoms. The third-order valence-electron chi connectivity index (χ3n) is 4.33. The van der Waals surface area contributed by atoms with E-state index in [0.29, 0.717) is 13.0 Å². The fraction of sp³-hybridized carbons (Fsp3) is 0.286. The van der Waals surface area contributed by atoms with Crippen LogP contribution >= 0.6 is 0 Å². The SMILES string of the molecule is CC(C)(C)NC(=O)CCn1c2ccccc2c2nc3ccccc3nc21. The van der Waals surface area contributed by atoms with Gasteiger partial charge in [0.2, 0.25) is 5.91 Å². The van der Waals surface area contributed by atoms with Crippen LogP contribution in [0.15, 0.2) is 48.5 Å². The number of nitrogens with zero attached hydrogens (tertiary/aromatic N) is 3. The number of nitrogens with one attached hydrogen (secondary N) is 1. The molecule has 0 aliphatic rings. The van der Waals surface area contributed by atoms with Gasteiger partial charge in [-0.1, -0.05) is 30.3 Å². The molecule has 0 atom stereocenters. The van der Waals surface area contributed by atoms with E-state index in [1.54, 1.807) is 0 Å². The van der Waals surface area contributed by atoms with E-state index in [2.05, 4.69) is 22.0 Å². The number of carbonyl (C=O) groups excluding carboxylic acids is 1. The maximum Gasteiger partial charge on any atom is 0.222 e. The molecule has 1 amide bonds. The molecule has 5 nitrogen and oxygen atoms in total. The molecule has 0 saturated carbocycles. The van der Waals surface area contributed by atoms with Crippen molar-refractivity contribution in [3.8, 4) is 0 Å². The minimum absolute atomic E-state index is 0.0391. The van der Waals surface area contributed by atoms with Gasteiger partial charge in [0.25, 0.3) is 0 Å². The Morgan fingerprint density at radius 2 is 1.65 bits per heavy atom. The third-order valence-corrected chi connectivity index (χ3v) is 4.33. The number of para-hydroxylation sites is 3. The van der Waals surface area contributed by atoms with E-state index in [0.717, 1.165) is 33.1 Å². The monoisotopic (exact) mass is 346 g/mol. The number of fused-ring (bicyclic) bond motifs is 4. The van der Waals surface area contributed by atoms with Crippen LogP contribution in [0.5, 0.6) is 0 Å².